The fourth-order valence-electron chi connectivity index (χ4n) is 3.73. The van der Waals surface area contributed by atoms with Crippen molar-refractivity contribution in [1.82, 2.24) is 19.9 Å². The summed E-state index contributed by atoms with van der Waals surface area (Å²) in [6.07, 6.45) is 5.06. The molecule has 0 radical (unpaired) electrons. The van der Waals surface area contributed by atoms with Crippen molar-refractivity contribution in [1.29, 1.82) is 0 Å². The van der Waals surface area contributed by atoms with Crippen LogP contribution in [0.4, 0.5) is 20.4 Å². The molecule has 4 rings (SSSR count). The standard InChI is InChI=1S/C20H26F2N6/c1-15-3-6-23-10-16(15)11-26(2)17-12-28(13-17)19-9-18(24-14-25-19)27-7-4-20(21,22)5-8-27/h3,6,9-10,14,17H,4-5,7-8,11-13H2,1-2H3. The first-order valence-corrected chi connectivity index (χ1v) is 9.71. The molecular weight excluding hydrogens is 362 g/mol. The minimum absolute atomic E-state index is 0.114. The van der Waals surface area contributed by atoms with Gasteiger partial charge in [0, 0.05) is 70.1 Å². The van der Waals surface area contributed by atoms with Crippen LogP contribution in [0.3, 0.4) is 0 Å². The number of anilines is 2. The lowest BCUT2D eigenvalue weighted by Gasteiger charge is -2.45. The van der Waals surface area contributed by atoms with Gasteiger partial charge >= 0.3 is 0 Å². The van der Waals surface area contributed by atoms with Crippen molar-refractivity contribution < 1.29 is 8.78 Å². The number of alkyl halides is 2. The summed E-state index contributed by atoms with van der Waals surface area (Å²) in [7, 11) is 2.13. The molecule has 0 spiro atoms. The predicted octanol–water partition coefficient (Wildman–Crippen LogP) is 2.74. The number of piperidine rings is 1. The number of hydrogen-bond acceptors (Lipinski definition) is 6. The molecule has 150 valence electrons. The van der Waals surface area contributed by atoms with E-state index in [0.29, 0.717) is 19.1 Å². The van der Waals surface area contributed by atoms with E-state index in [9.17, 15) is 8.78 Å². The van der Waals surface area contributed by atoms with Gasteiger partial charge in [0.25, 0.3) is 5.92 Å². The Morgan fingerprint density at radius 3 is 2.50 bits per heavy atom. The molecule has 4 heterocycles. The molecule has 8 heteroatoms. The third-order valence-electron chi connectivity index (χ3n) is 5.83. The Balaban J connectivity index is 1.34. The van der Waals surface area contributed by atoms with Gasteiger partial charge < -0.3 is 9.80 Å². The molecule has 28 heavy (non-hydrogen) atoms. The summed E-state index contributed by atoms with van der Waals surface area (Å²) in [4.78, 5) is 19.4. The molecule has 2 fully saturated rings. The number of likely N-dealkylation sites (N-methyl/N-ethyl adjacent to an activating group) is 1. The SMILES string of the molecule is Cc1ccncc1CN(C)C1CN(c2cc(N3CCC(F)(F)CC3)ncn2)C1. The van der Waals surface area contributed by atoms with Gasteiger partial charge in [-0.1, -0.05) is 0 Å². The summed E-state index contributed by atoms with van der Waals surface area (Å²) in [5.74, 6) is -0.943. The lowest BCUT2D eigenvalue weighted by Crippen LogP contribution is -2.58. The summed E-state index contributed by atoms with van der Waals surface area (Å²) in [5, 5.41) is 0. The fourth-order valence-corrected chi connectivity index (χ4v) is 3.73. The van der Waals surface area contributed by atoms with Crippen LogP contribution in [0.1, 0.15) is 24.0 Å². The van der Waals surface area contributed by atoms with E-state index in [1.54, 1.807) is 0 Å². The van der Waals surface area contributed by atoms with E-state index >= 15 is 0 Å². The average molecular weight is 388 g/mol. The van der Waals surface area contributed by atoms with Crippen molar-refractivity contribution in [3.05, 3.63) is 42.0 Å². The van der Waals surface area contributed by atoms with E-state index < -0.39 is 5.92 Å². The number of halogens is 2. The highest BCUT2D eigenvalue weighted by Crippen LogP contribution is 2.31. The maximum Gasteiger partial charge on any atom is 0.251 e. The Morgan fingerprint density at radius 1 is 1.14 bits per heavy atom. The average Bonchev–Trinajstić information content (AvgIpc) is 2.63. The molecule has 2 aromatic rings. The normalized spacial score (nSPS) is 19.8. The molecule has 2 aliphatic rings. The van der Waals surface area contributed by atoms with E-state index in [2.05, 4.69) is 38.7 Å². The second kappa shape index (κ2) is 7.58. The van der Waals surface area contributed by atoms with Gasteiger partial charge in [-0.3, -0.25) is 9.88 Å². The van der Waals surface area contributed by atoms with Crippen LogP contribution in [0.15, 0.2) is 30.9 Å². The first kappa shape index (κ1) is 19.0. The second-order valence-electron chi connectivity index (χ2n) is 7.85. The van der Waals surface area contributed by atoms with Crippen molar-refractivity contribution in [2.75, 3.05) is 43.0 Å². The van der Waals surface area contributed by atoms with E-state index in [1.807, 2.05) is 29.4 Å². The van der Waals surface area contributed by atoms with Gasteiger partial charge in [0.1, 0.15) is 18.0 Å². The number of aromatic nitrogens is 3. The van der Waals surface area contributed by atoms with Gasteiger partial charge in [-0.25, -0.2) is 18.7 Å². The molecule has 0 bridgehead atoms. The van der Waals surface area contributed by atoms with Crippen LogP contribution in [0.5, 0.6) is 0 Å². The maximum absolute atomic E-state index is 13.4. The highest BCUT2D eigenvalue weighted by molar-refractivity contribution is 5.52. The topological polar surface area (TPSA) is 48.4 Å². The van der Waals surface area contributed by atoms with Gasteiger partial charge in [0.15, 0.2) is 0 Å². The van der Waals surface area contributed by atoms with Crippen LogP contribution in [0.2, 0.25) is 0 Å². The Kier molecular flexibility index (Phi) is 5.14. The molecule has 0 N–H and O–H groups in total. The first-order valence-electron chi connectivity index (χ1n) is 9.71. The zero-order chi connectivity index (χ0) is 19.7. The first-order chi connectivity index (χ1) is 13.4. The molecule has 2 saturated heterocycles. The summed E-state index contributed by atoms with van der Waals surface area (Å²) >= 11 is 0. The molecule has 2 aliphatic heterocycles. The predicted molar refractivity (Wildman–Crippen MR) is 105 cm³/mol. The molecule has 0 saturated carbocycles. The number of pyridine rings is 1. The Morgan fingerprint density at radius 2 is 1.82 bits per heavy atom. The third kappa shape index (κ3) is 4.06. The largest absolute Gasteiger partial charge is 0.356 e. The Hall–Kier alpha value is -2.35. The number of aryl methyl sites for hydroxylation is 1. The van der Waals surface area contributed by atoms with Gasteiger partial charge in [-0.2, -0.15) is 0 Å². The number of nitrogens with zero attached hydrogens (tertiary/aromatic N) is 6. The van der Waals surface area contributed by atoms with Gasteiger partial charge in [-0.05, 0) is 31.2 Å². The molecule has 2 aromatic heterocycles. The van der Waals surface area contributed by atoms with E-state index in [0.717, 1.165) is 31.3 Å². The van der Waals surface area contributed by atoms with Crippen LogP contribution >= 0.6 is 0 Å². The van der Waals surface area contributed by atoms with Gasteiger partial charge in [0.2, 0.25) is 0 Å². The molecular formula is C20H26F2N6. The van der Waals surface area contributed by atoms with Crippen LogP contribution in [0, 0.1) is 6.92 Å². The minimum atomic E-state index is -2.55. The molecule has 6 nitrogen and oxygen atoms in total. The van der Waals surface area contributed by atoms with Crippen LogP contribution in [-0.2, 0) is 6.54 Å². The zero-order valence-electron chi connectivity index (χ0n) is 16.4. The lowest BCUT2D eigenvalue weighted by molar-refractivity contribution is -0.0221. The maximum atomic E-state index is 13.4. The lowest BCUT2D eigenvalue weighted by atomic mass is 10.1. The molecule has 0 amide bonds. The van der Waals surface area contributed by atoms with Crippen LogP contribution < -0.4 is 9.80 Å². The highest BCUT2D eigenvalue weighted by Gasteiger charge is 2.35. The highest BCUT2D eigenvalue weighted by atomic mass is 19.3. The molecule has 0 atom stereocenters. The van der Waals surface area contributed by atoms with E-state index in [1.165, 1.54) is 17.5 Å². The molecule has 0 aromatic carbocycles. The minimum Gasteiger partial charge on any atom is -0.356 e. The smallest absolute Gasteiger partial charge is 0.251 e. The van der Waals surface area contributed by atoms with Crippen molar-refractivity contribution in [2.45, 2.75) is 38.3 Å². The Labute approximate surface area is 164 Å². The quantitative estimate of drug-likeness (QED) is 0.785. The summed E-state index contributed by atoms with van der Waals surface area (Å²) in [6, 6.07) is 4.41. The molecule has 0 unspecified atom stereocenters. The summed E-state index contributed by atoms with van der Waals surface area (Å²) in [5.41, 5.74) is 2.50. The molecule has 0 aliphatic carbocycles. The third-order valence-corrected chi connectivity index (χ3v) is 5.83. The zero-order valence-corrected chi connectivity index (χ0v) is 16.4. The second-order valence-corrected chi connectivity index (χ2v) is 7.85. The van der Waals surface area contributed by atoms with Crippen molar-refractivity contribution in [3.8, 4) is 0 Å². The van der Waals surface area contributed by atoms with Gasteiger partial charge in [-0.15, -0.1) is 0 Å². The number of hydrogen-bond donors (Lipinski definition) is 0. The van der Waals surface area contributed by atoms with E-state index in [4.69, 9.17) is 0 Å². The number of rotatable bonds is 5. The Bertz CT molecular complexity index is 814. The summed E-state index contributed by atoms with van der Waals surface area (Å²) < 4.78 is 26.8. The van der Waals surface area contributed by atoms with Crippen molar-refractivity contribution in [2.24, 2.45) is 0 Å². The van der Waals surface area contributed by atoms with E-state index in [-0.39, 0.29) is 12.8 Å². The van der Waals surface area contributed by atoms with Crippen molar-refractivity contribution >= 4 is 11.6 Å². The summed E-state index contributed by atoms with van der Waals surface area (Å²) in [6.45, 7) is 5.43. The monoisotopic (exact) mass is 388 g/mol. The van der Waals surface area contributed by atoms with Gasteiger partial charge in [0.05, 0.1) is 0 Å². The van der Waals surface area contributed by atoms with Crippen LogP contribution in [0.25, 0.3) is 0 Å². The van der Waals surface area contributed by atoms with Crippen LogP contribution in [-0.4, -0.2) is 65.0 Å². The van der Waals surface area contributed by atoms with Crippen molar-refractivity contribution in [3.63, 3.8) is 0 Å². The fraction of sp³-hybridized carbons (Fsp3) is 0.550.